The Bertz CT molecular complexity index is 995. The molecule has 0 atom stereocenters. The summed E-state index contributed by atoms with van der Waals surface area (Å²) in [7, 11) is -3.71. The molecular weight excluding hydrogens is 337 g/mol. The van der Waals surface area contributed by atoms with E-state index in [1.165, 1.54) is 12.1 Å². The Morgan fingerprint density at radius 3 is 2.04 bits per heavy atom. The van der Waals surface area contributed by atoms with Crippen LogP contribution in [0.1, 0.15) is 11.1 Å². The van der Waals surface area contributed by atoms with Gasteiger partial charge < -0.3 is 0 Å². The van der Waals surface area contributed by atoms with Crippen LogP contribution >= 0.6 is 0 Å². The lowest BCUT2D eigenvalue weighted by molar-refractivity contribution is 0.601. The summed E-state index contributed by atoms with van der Waals surface area (Å²) in [5, 5.41) is 0. The van der Waals surface area contributed by atoms with Crippen LogP contribution in [-0.2, 0) is 10.0 Å². The molecule has 0 saturated heterocycles. The summed E-state index contributed by atoms with van der Waals surface area (Å²) >= 11 is 0. The number of sulfonamides is 1. The van der Waals surface area contributed by atoms with Crippen LogP contribution in [0.2, 0.25) is 0 Å². The second kappa shape index (κ2) is 6.69. The smallest absolute Gasteiger partial charge is 0.261 e. The van der Waals surface area contributed by atoms with Gasteiger partial charge in [0.2, 0.25) is 0 Å². The second-order valence-electron chi connectivity index (χ2n) is 5.97. The van der Waals surface area contributed by atoms with E-state index in [1.807, 2.05) is 26.0 Å². The molecule has 0 amide bonds. The summed E-state index contributed by atoms with van der Waals surface area (Å²) in [4.78, 5) is 0.198. The molecule has 0 aliphatic heterocycles. The van der Waals surface area contributed by atoms with Crippen molar-refractivity contribution in [2.45, 2.75) is 18.7 Å². The Balaban J connectivity index is 2.03. The van der Waals surface area contributed by atoms with Crippen LogP contribution in [0.15, 0.2) is 71.6 Å². The van der Waals surface area contributed by atoms with Crippen molar-refractivity contribution in [1.29, 1.82) is 0 Å². The minimum absolute atomic E-state index is 0.198. The van der Waals surface area contributed by atoms with E-state index in [-0.39, 0.29) is 10.7 Å². The zero-order valence-electron chi connectivity index (χ0n) is 14.0. The Kier molecular flexibility index (Phi) is 4.59. The first kappa shape index (κ1) is 17.2. The lowest BCUT2D eigenvalue weighted by Gasteiger charge is -2.14. The van der Waals surface area contributed by atoms with Crippen molar-refractivity contribution < 1.29 is 12.8 Å². The number of rotatable bonds is 4. The van der Waals surface area contributed by atoms with E-state index < -0.39 is 10.0 Å². The molecule has 3 nitrogen and oxygen atoms in total. The lowest BCUT2D eigenvalue weighted by Crippen LogP contribution is -2.13. The summed E-state index contributed by atoms with van der Waals surface area (Å²) in [6.07, 6.45) is 0. The van der Waals surface area contributed by atoms with Crippen LogP contribution in [0.5, 0.6) is 0 Å². The van der Waals surface area contributed by atoms with Gasteiger partial charge in [-0.2, -0.15) is 0 Å². The van der Waals surface area contributed by atoms with Gasteiger partial charge >= 0.3 is 0 Å². The Morgan fingerprint density at radius 2 is 1.40 bits per heavy atom. The molecule has 0 aliphatic rings. The first-order chi connectivity index (χ1) is 11.8. The minimum atomic E-state index is -3.71. The molecule has 3 aromatic rings. The molecule has 0 radical (unpaired) electrons. The zero-order valence-corrected chi connectivity index (χ0v) is 14.8. The van der Waals surface area contributed by atoms with Gasteiger partial charge in [-0.25, -0.2) is 12.8 Å². The van der Waals surface area contributed by atoms with Gasteiger partial charge in [0.05, 0.1) is 10.6 Å². The standard InChI is InChI=1S/C20H18FNO2S/c1-14-3-10-18(11-4-14)25(23,24)22-20-12-5-15(2)13-19(20)16-6-8-17(21)9-7-16/h3-13,22H,1-2H3. The average Bonchev–Trinajstić information content (AvgIpc) is 2.57. The van der Waals surface area contributed by atoms with Gasteiger partial charge in [0, 0.05) is 5.56 Å². The van der Waals surface area contributed by atoms with Crippen LogP contribution in [0.3, 0.4) is 0 Å². The molecule has 25 heavy (non-hydrogen) atoms. The highest BCUT2D eigenvalue weighted by Gasteiger charge is 2.16. The molecule has 0 bridgehead atoms. The lowest BCUT2D eigenvalue weighted by atomic mass is 10.0. The van der Waals surface area contributed by atoms with Crippen LogP contribution in [0.25, 0.3) is 11.1 Å². The number of nitrogens with one attached hydrogen (secondary N) is 1. The molecule has 0 aliphatic carbocycles. The number of benzene rings is 3. The summed E-state index contributed by atoms with van der Waals surface area (Å²) < 4.78 is 41.2. The number of anilines is 1. The van der Waals surface area contributed by atoms with Gasteiger partial charge in [0.25, 0.3) is 10.0 Å². The number of hydrogen-bond acceptors (Lipinski definition) is 2. The highest BCUT2D eigenvalue weighted by Crippen LogP contribution is 2.31. The maximum Gasteiger partial charge on any atom is 0.261 e. The van der Waals surface area contributed by atoms with E-state index in [2.05, 4.69) is 4.72 Å². The van der Waals surface area contributed by atoms with E-state index >= 15 is 0 Å². The third kappa shape index (κ3) is 3.88. The van der Waals surface area contributed by atoms with Crippen molar-refractivity contribution in [3.05, 3.63) is 83.7 Å². The SMILES string of the molecule is Cc1ccc(S(=O)(=O)Nc2ccc(C)cc2-c2ccc(F)cc2)cc1. The highest BCUT2D eigenvalue weighted by molar-refractivity contribution is 7.92. The van der Waals surface area contributed by atoms with Crippen molar-refractivity contribution in [3.8, 4) is 11.1 Å². The fraction of sp³-hybridized carbons (Fsp3) is 0.100. The molecule has 1 N–H and O–H groups in total. The van der Waals surface area contributed by atoms with Gasteiger partial charge in [0.15, 0.2) is 0 Å². The van der Waals surface area contributed by atoms with Crippen molar-refractivity contribution in [2.75, 3.05) is 4.72 Å². The zero-order chi connectivity index (χ0) is 18.0. The minimum Gasteiger partial charge on any atom is -0.279 e. The first-order valence-corrected chi connectivity index (χ1v) is 9.29. The number of hydrogen-bond donors (Lipinski definition) is 1. The van der Waals surface area contributed by atoms with Crippen molar-refractivity contribution in [2.24, 2.45) is 0 Å². The Morgan fingerprint density at radius 1 is 0.800 bits per heavy atom. The van der Waals surface area contributed by atoms with E-state index in [0.717, 1.165) is 16.7 Å². The van der Waals surface area contributed by atoms with Gasteiger partial charge in [0.1, 0.15) is 5.82 Å². The van der Waals surface area contributed by atoms with E-state index in [4.69, 9.17) is 0 Å². The number of halogens is 1. The maximum atomic E-state index is 13.2. The molecule has 0 fully saturated rings. The van der Waals surface area contributed by atoms with Crippen LogP contribution in [-0.4, -0.2) is 8.42 Å². The Hall–Kier alpha value is -2.66. The summed E-state index contributed by atoms with van der Waals surface area (Å²) in [5.41, 5.74) is 3.87. The van der Waals surface area contributed by atoms with Crippen LogP contribution < -0.4 is 4.72 Å². The summed E-state index contributed by atoms with van der Waals surface area (Å²) in [6.45, 7) is 3.82. The third-order valence-corrected chi connectivity index (χ3v) is 5.29. The van der Waals surface area contributed by atoms with Gasteiger partial charge in [-0.3, -0.25) is 4.72 Å². The molecule has 0 spiro atoms. The molecule has 128 valence electrons. The van der Waals surface area contributed by atoms with Gasteiger partial charge in [-0.1, -0.05) is 41.5 Å². The van der Waals surface area contributed by atoms with E-state index in [0.29, 0.717) is 11.3 Å². The maximum absolute atomic E-state index is 13.2. The number of aryl methyl sites for hydroxylation is 2. The normalized spacial score (nSPS) is 11.3. The second-order valence-corrected chi connectivity index (χ2v) is 7.66. The predicted octanol–water partition coefficient (Wildman–Crippen LogP) is 4.91. The molecule has 3 aromatic carbocycles. The molecule has 0 saturated carbocycles. The van der Waals surface area contributed by atoms with E-state index in [9.17, 15) is 12.8 Å². The van der Waals surface area contributed by atoms with Gasteiger partial charge in [-0.15, -0.1) is 0 Å². The fourth-order valence-corrected chi connectivity index (χ4v) is 3.62. The van der Waals surface area contributed by atoms with Gasteiger partial charge in [-0.05, 0) is 55.8 Å². The molecule has 0 heterocycles. The molecular formula is C20H18FNO2S. The van der Waals surface area contributed by atoms with Crippen molar-refractivity contribution in [1.82, 2.24) is 0 Å². The Labute approximate surface area is 147 Å². The quantitative estimate of drug-likeness (QED) is 0.723. The average molecular weight is 355 g/mol. The first-order valence-electron chi connectivity index (χ1n) is 7.81. The molecule has 0 unspecified atom stereocenters. The summed E-state index contributed by atoms with van der Waals surface area (Å²) in [5.74, 6) is -0.335. The van der Waals surface area contributed by atoms with Crippen LogP contribution in [0.4, 0.5) is 10.1 Å². The summed E-state index contributed by atoms with van der Waals surface area (Å²) in [6, 6.07) is 18.1. The van der Waals surface area contributed by atoms with Crippen molar-refractivity contribution >= 4 is 15.7 Å². The predicted molar refractivity (Wildman–Crippen MR) is 98.6 cm³/mol. The van der Waals surface area contributed by atoms with Crippen molar-refractivity contribution in [3.63, 3.8) is 0 Å². The fourth-order valence-electron chi connectivity index (χ4n) is 2.54. The van der Waals surface area contributed by atoms with E-state index in [1.54, 1.807) is 42.5 Å². The molecule has 5 heteroatoms. The molecule has 3 rings (SSSR count). The topological polar surface area (TPSA) is 46.2 Å². The van der Waals surface area contributed by atoms with Crippen LogP contribution in [0, 0.1) is 19.7 Å². The largest absolute Gasteiger partial charge is 0.279 e. The third-order valence-electron chi connectivity index (χ3n) is 3.91. The molecule has 0 aromatic heterocycles. The highest BCUT2D eigenvalue weighted by atomic mass is 32.2. The monoisotopic (exact) mass is 355 g/mol.